The van der Waals surface area contributed by atoms with Gasteiger partial charge in [0.05, 0.1) is 27.4 Å². The first kappa shape index (κ1) is 34.0. The van der Waals surface area contributed by atoms with E-state index in [1.807, 2.05) is 55.7 Å². The molecule has 1 atom stereocenters. The van der Waals surface area contributed by atoms with Gasteiger partial charge in [-0.3, -0.25) is 14.4 Å². The van der Waals surface area contributed by atoms with Gasteiger partial charge in [0.15, 0.2) is 11.0 Å². The minimum Gasteiger partial charge on any atom is -0.348 e. The molecule has 13 heteroatoms. The highest BCUT2D eigenvalue weighted by Crippen LogP contribution is 2.38. The number of hydrogen-bond donors (Lipinski definition) is 3. The third-order valence-corrected chi connectivity index (χ3v) is 10.7. The van der Waals surface area contributed by atoms with Crippen LogP contribution in [0.25, 0.3) is 0 Å². The van der Waals surface area contributed by atoms with E-state index in [1.165, 1.54) is 29.2 Å². The fourth-order valence-electron chi connectivity index (χ4n) is 5.38. The summed E-state index contributed by atoms with van der Waals surface area (Å²) in [5, 5.41) is 19.7. The molecule has 242 valence electrons. The quantitative estimate of drug-likeness (QED) is 0.133. The van der Waals surface area contributed by atoms with Gasteiger partial charge in [0.25, 0.3) is 11.8 Å². The van der Waals surface area contributed by atoms with Crippen LogP contribution in [0.3, 0.4) is 0 Å². The Morgan fingerprint density at radius 2 is 1.76 bits per heavy atom. The highest BCUT2D eigenvalue weighted by atomic mass is 35.5. The van der Waals surface area contributed by atoms with Crippen LogP contribution in [0.5, 0.6) is 0 Å². The van der Waals surface area contributed by atoms with E-state index in [0.29, 0.717) is 50.2 Å². The number of carbonyl (C=O) groups is 3. The summed E-state index contributed by atoms with van der Waals surface area (Å²) in [6.07, 6.45) is 3.82. The van der Waals surface area contributed by atoms with Gasteiger partial charge in [-0.05, 0) is 67.9 Å². The zero-order valence-corrected chi connectivity index (χ0v) is 29.0. The van der Waals surface area contributed by atoms with Crippen LogP contribution in [0.4, 0.5) is 5.00 Å². The Kier molecular flexibility index (Phi) is 11.4. The Balaban J connectivity index is 1.27. The van der Waals surface area contributed by atoms with Gasteiger partial charge >= 0.3 is 0 Å². The van der Waals surface area contributed by atoms with E-state index >= 15 is 0 Å². The molecule has 1 aliphatic carbocycles. The number of carbonyl (C=O) groups excluding carboxylic acids is 3. The number of thiophene rings is 1. The second-order valence-electron chi connectivity index (χ2n) is 11.3. The SMILES string of the molecule is CCn1c(SCC(=O)Nc2sc3c(c2C(=O)NCc2ccccc2)CCCC3)nnc1[C@@H](NC(=O)c1ccc(Cl)c(Cl)c1)C(C)C. The first-order chi connectivity index (χ1) is 22.2. The molecule has 0 aliphatic heterocycles. The van der Waals surface area contributed by atoms with E-state index in [1.54, 1.807) is 12.1 Å². The lowest BCUT2D eigenvalue weighted by atomic mass is 9.95. The monoisotopic (exact) mass is 698 g/mol. The van der Waals surface area contributed by atoms with Crippen LogP contribution in [0.1, 0.15) is 82.2 Å². The molecule has 0 saturated carbocycles. The molecule has 0 saturated heterocycles. The Bertz CT molecular complexity index is 1720. The molecule has 0 spiro atoms. The molecule has 5 rings (SSSR count). The minimum absolute atomic E-state index is 0.00121. The van der Waals surface area contributed by atoms with Gasteiger partial charge in [-0.15, -0.1) is 21.5 Å². The lowest BCUT2D eigenvalue weighted by molar-refractivity contribution is -0.113. The molecule has 2 aromatic heterocycles. The van der Waals surface area contributed by atoms with E-state index < -0.39 is 6.04 Å². The van der Waals surface area contributed by atoms with Crippen LogP contribution in [0.15, 0.2) is 53.7 Å². The molecule has 0 radical (unpaired) electrons. The highest BCUT2D eigenvalue weighted by Gasteiger charge is 2.28. The number of halogens is 2. The van der Waals surface area contributed by atoms with Gasteiger partial charge in [0.2, 0.25) is 5.91 Å². The summed E-state index contributed by atoms with van der Waals surface area (Å²) >= 11 is 14.9. The fraction of sp³-hybridized carbons (Fsp3) is 0.364. The first-order valence-corrected chi connectivity index (χ1v) is 17.8. The number of amides is 3. The Hall–Kier alpha value is -3.38. The minimum atomic E-state index is -0.438. The van der Waals surface area contributed by atoms with Crippen LogP contribution in [-0.2, 0) is 30.7 Å². The normalized spacial score (nSPS) is 13.3. The predicted octanol–water partition coefficient (Wildman–Crippen LogP) is 7.33. The number of rotatable bonds is 12. The summed E-state index contributed by atoms with van der Waals surface area (Å²) in [6, 6.07) is 14.1. The van der Waals surface area contributed by atoms with Crippen molar-refractivity contribution in [3.05, 3.63) is 91.5 Å². The van der Waals surface area contributed by atoms with Crippen molar-refractivity contribution >= 4 is 69.0 Å². The molecule has 3 N–H and O–H groups in total. The Labute approximate surface area is 286 Å². The zero-order valence-electron chi connectivity index (χ0n) is 25.9. The maximum absolute atomic E-state index is 13.4. The Morgan fingerprint density at radius 3 is 2.48 bits per heavy atom. The maximum atomic E-state index is 13.4. The van der Waals surface area contributed by atoms with E-state index in [9.17, 15) is 14.4 Å². The number of nitrogens with one attached hydrogen (secondary N) is 3. The first-order valence-electron chi connectivity index (χ1n) is 15.2. The molecule has 2 aromatic carbocycles. The van der Waals surface area contributed by atoms with Crippen LogP contribution in [-0.4, -0.2) is 38.2 Å². The van der Waals surface area contributed by atoms with E-state index in [0.717, 1.165) is 41.7 Å². The largest absolute Gasteiger partial charge is 0.348 e. The summed E-state index contributed by atoms with van der Waals surface area (Å²) in [5.41, 5.74) is 3.01. The maximum Gasteiger partial charge on any atom is 0.254 e. The van der Waals surface area contributed by atoms with Crippen molar-refractivity contribution < 1.29 is 14.4 Å². The molecule has 46 heavy (non-hydrogen) atoms. The number of aromatic nitrogens is 3. The molecule has 0 bridgehead atoms. The molecule has 2 heterocycles. The van der Waals surface area contributed by atoms with Crippen molar-refractivity contribution in [2.45, 2.75) is 70.7 Å². The number of anilines is 1. The fourth-order valence-corrected chi connectivity index (χ4v) is 7.79. The van der Waals surface area contributed by atoms with Crippen molar-refractivity contribution in [1.82, 2.24) is 25.4 Å². The van der Waals surface area contributed by atoms with Gasteiger partial charge in [-0.1, -0.05) is 79.1 Å². The average molecular weight is 700 g/mol. The molecular weight excluding hydrogens is 663 g/mol. The lowest BCUT2D eigenvalue weighted by Crippen LogP contribution is -2.33. The highest BCUT2D eigenvalue weighted by molar-refractivity contribution is 7.99. The van der Waals surface area contributed by atoms with Gasteiger partial charge in [0, 0.05) is 23.5 Å². The number of benzene rings is 2. The van der Waals surface area contributed by atoms with Gasteiger partial charge in [-0.2, -0.15) is 0 Å². The van der Waals surface area contributed by atoms with Crippen LogP contribution >= 0.6 is 46.3 Å². The van der Waals surface area contributed by atoms with E-state index in [-0.39, 0.29) is 29.4 Å². The Morgan fingerprint density at radius 1 is 1.00 bits per heavy atom. The molecular formula is C33H36Cl2N6O3S2. The molecule has 0 unspecified atom stereocenters. The van der Waals surface area contributed by atoms with Gasteiger partial charge in [-0.25, -0.2) is 0 Å². The summed E-state index contributed by atoms with van der Waals surface area (Å²) in [6.45, 7) is 6.90. The van der Waals surface area contributed by atoms with Crippen LogP contribution in [0, 0.1) is 5.92 Å². The number of nitrogens with zero attached hydrogens (tertiary/aromatic N) is 3. The van der Waals surface area contributed by atoms with Crippen LogP contribution < -0.4 is 16.0 Å². The van der Waals surface area contributed by atoms with Crippen molar-refractivity contribution in [3.8, 4) is 0 Å². The number of aryl methyl sites for hydroxylation is 1. The second kappa shape index (κ2) is 15.5. The summed E-state index contributed by atoms with van der Waals surface area (Å²) in [7, 11) is 0. The van der Waals surface area contributed by atoms with Crippen molar-refractivity contribution in [2.24, 2.45) is 5.92 Å². The van der Waals surface area contributed by atoms with Crippen molar-refractivity contribution in [1.29, 1.82) is 0 Å². The third-order valence-electron chi connectivity index (χ3n) is 7.75. The molecule has 3 amide bonds. The molecule has 9 nitrogen and oxygen atoms in total. The lowest BCUT2D eigenvalue weighted by Gasteiger charge is -2.22. The van der Waals surface area contributed by atoms with E-state index in [4.69, 9.17) is 23.2 Å². The topological polar surface area (TPSA) is 118 Å². The average Bonchev–Trinajstić information content (AvgIpc) is 3.63. The number of hydrogen-bond acceptors (Lipinski definition) is 7. The third kappa shape index (κ3) is 7.94. The second-order valence-corrected chi connectivity index (χ2v) is 14.2. The summed E-state index contributed by atoms with van der Waals surface area (Å²) in [4.78, 5) is 40.9. The number of fused-ring (bicyclic) bond motifs is 1. The van der Waals surface area contributed by atoms with Crippen LogP contribution in [0.2, 0.25) is 10.0 Å². The van der Waals surface area contributed by atoms with Crippen molar-refractivity contribution in [3.63, 3.8) is 0 Å². The summed E-state index contributed by atoms with van der Waals surface area (Å²) in [5.74, 6) is -0.0478. The van der Waals surface area contributed by atoms with Gasteiger partial charge in [0.1, 0.15) is 5.00 Å². The molecule has 4 aromatic rings. The van der Waals surface area contributed by atoms with Gasteiger partial charge < -0.3 is 20.5 Å². The standard InChI is InChI=1S/C33H36Cl2N6O3S2/c1-4-41-29(28(19(2)3)38-30(43)21-14-15-23(34)24(35)16-21)39-40-33(41)45-18-26(42)37-32-27(22-12-8-9-13-25(22)46-32)31(44)36-17-20-10-6-5-7-11-20/h5-7,10-11,14-16,19,28H,4,8-9,12-13,17-18H2,1-3H3,(H,36,44)(H,37,42)(H,38,43)/t28-/m0/s1. The molecule has 1 aliphatic rings. The predicted molar refractivity (Wildman–Crippen MR) is 185 cm³/mol. The number of thioether (sulfide) groups is 1. The smallest absolute Gasteiger partial charge is 0.254 e. The van der Waals surface area contributed by atoms with E-state index in [2.05, 4.69) is 26.1 Å². The van der Waals surface area contributed by atoms with Crippen molar-refractivity contribution in [2.75, 3.05) is 11.1 Å². The molecule has 0 fully saturated rings. The zero-order chi connectivity index (χ0) is 32.8. The summed E-state index contributed by atoms with van der Waals surface area (Å²) < 4.78 is 1.91.